The number of para-hydroxylation sites is 1. The number of aryl methyl sites for hydroxylation is 2. The van der Waals surface area contributed by atoms with Crippen LogP contribution >= 0.6 is 27.3 Å². The van der Waals surface area contributed by atoms with Gasteiger partial charge in [0.2, 0.25) is 5.91 Å². The minimum atomic E-state index is -0.543. The first-order valence-corrected chi connectivity index (χ1v) is 10.9. The van der Waals surface area contributed by atoms with E-state index >= 15 is 0 Å². The second-order valence-corrected chi connectivity index (χ2v) is 8.73. The molecule has 6 nitrogen and oxygen atoms in total. The molecule has 0 bridgehead atoms. The Kier molecular flexibility index (Phi) is 5.44. The van der Waals surface area contributed by atoms with E-state index in [1.165, 1.54) is 15.9 Å². The molecule has 0 aliphatic carbocycles. The minimum absolute atomic E-state index is 0.210. The predicted molar refractivity (Wildman–Crippen MR) is 124 cm³/mol. The second-order valence-electron chi connectivity index (χ2n) is 6.96. The van der Waals surface area contributed by atoms with Gasteiger partial charge in [-0.25, -0.2) is 9.36 Å². The number of nitrogens with zero attached hydrogens (tertiary/aromatic N) is 2. The monoisotopic (exact) mass is 483 g/mol. The van der Waals surface area contributed by atoms with Gasteiger partial charge in [0, 0.05) is 4.47 Å². The molecule has 4 aromatic rings. The summed E-state index contributed by atoms with van der Waals surface area (Å²) >= 11 is 4.70. The van der Waals surface area contributed by atoms with E-state index in [-0.39, 0.29) is 18.0 Å². The molecule has 2 aromatic carbocycles. The number of nitrogens with one attached hydrogen (secondary N) is 1. The first-order valence-electron chi connectivity index (χ1n) is 9.22. The summed E-state index contributed by atoms with van der Waals surface area (Å²) in [5.41, 5.74) is 2.52. The van der Waals surface area contributed by atoms with E-state index in [4.69, 9.17) is 0 Å². The summed E-state index contributed by atoms with van der Waals surface area (Å²) in [6, 6.07) is 14.5. The summed E-state index contributed by atoms with van der Waals surface area (Å²) in [4.78, 5) is 39.1. The summed E-state index contributed by atoms with van der Waals surface area (Å²) in [6.07, 6.45) is 0. The standard InChI is InChI=1S/C22H18BrN3O3S/c1-13-7-8-16(15(23)11-13)24-19(27)12-25-18-9-10-30-20(18)21(28)26(22(25)29)17-6-4-3-5-14(17)2/h3-11H,12H2,1-2H3,(H,24,27). The fourth-order valence-corrected chi connectivity index (χ4v) is 4.74. The van der Waals surface area contributed by atoms with Crippen molar-refractivity contribution in [2.75, 3.05) is 5.32 Å². The summed E-state index contributed by atoms with van der Waals surface area (Å²) < 4.78 is 3.68. The molecule has 2 aromatic heterocycles. The number of thiophene rings is 1. The van der Waals surface area contributed by atoms with Crippen molar-refractivity contribution in [3.05, 3.63) is 90.3 Å². The van der Waals surface area contributed by atoms with Crippen LogP contribution < -0.4 is 16.6 Å². The lowest BCUT2D eigenvalue weighted by Gasteiger charge is -2.14. The summed E-state index contributed by atoms with van der Waals surface area (Å²) in [5.74, 6) is -0.357. The van der Waals surface area contributed by atoms with E-state index in [1.54, 1.807) is 29.6 Å². The average Bonchev–Trinajstić information content (AvgIpc) is 3.19. The Morgan fingerprint density at radius 2 is 1.87 bits per heavy atom. The van der Waals surface area contributed by atoms with E-state index in [2.05, 4.69) is 21.2 Å². The highest BCUT2D eigenvalue weighted by Gasteiger charge is 2.18. The van der Waals surface area contributed by atoms with Gasteiger partial charge < -0.3 is 5.32 Å². The van der Waals surface area contributed by atoms with Crippen LogP contribution in [0.15, 0.2) is 68.0 Å². The zero-order chi connectivity index (χ0) is 21.4. The number of amides is 1. The average molecular weight is 484 g/mol. The van der Waals surface area contributed by atoms with Crippen LogP contribution in [-0.2, 0) is 11.3 Å². The topological polar surface area (TPSA) is 73.1 Å². The maximum absolute atomic E-state index is 13.3. The molecule has 1 amide bonds. The fourth-order valence-electron chi connectivity index (χ4n) is 3.32. The molecule has 0 spiro atoms. The molecule has 152 valence electrons. The summed E-state index contributed by atoms with van der Waals surface area (Å²) in [6.45, 7) is 3.59. The normalized spacial score (nSPS) is 11.0. The van der Waals surface area contributed by atoms with Crippen molar-refractivity contribution < 1.29 is 4.79 Å². The molecule has 0 radical (unpaired) electrons. The second kappa shape index (κ2) is 8.04. The van der Waals surface area contributed by atoms with E-state index in [1.807, 2.05) is 38.1 Å². The van der Waals surface area contributed by atoms with Crippen LogP contribution in [0.5, 0.6) is 0 Å². The molecule has 0 saturated carbocycles. The Balaban J connectivity index is 1.80. The van der Waals surface area contributed by atoms with Gasteiger partial charge in [-0.2, -0.15) is 0 Å². The van der Waals surface area contributed by atoms with Crippen LogP contribution in [0, 0.1) is 13.8 Å². The van der Waals surface area contributed by atoms with Crippen molar-refractivity contribution in [3.63, 3.8) is 0 Å². The molecule has 0 saturated heterocycles. The number of hydrogen-bond donors (Lipinski definition) is 1. The highest BCUT2D eigenvalue weighted by atomic mass is 79.9. The van der Waals surface area contributed by atoms with Gasteiger partial charge in [-0.05, 0) is 70.5 Å². The number of benzene rings is 2. The molecular weight excluding hydrogens is 466 g/mol. The molecule has 1 N–H and O–H groups in total. The number of halogens is 1. The fraction of sp³-hybridized carbons (Fsp3) is 0.136. The first kappa shape index (κ1) is 20.3. The van der Waals surface area contributed by atoms with Crippen LogP contribution in [0.1, 0.15) is 11.1 Å². The smallest absolute Gasteiger partial charge is 0.324 e. The van der Waals surface area contributed by atoms with Crippen molar-refractivity contribution in [2.45, 2.75) is 20.4 Å². The third-order valence-corrected chi connectivity index (χ3v) is 6.36. The largest absolute Gasteiger partial charge is 0.336 e. The first-order chi connectivity index (χ1) is 14.4. The number of hydrogen-bond acceptors (Lipinski definition) is 4. The molecule has 4 rings (SSSR count). The molecule has 0 atom stereocenters. The van der Waals surface area contributed by atoms with Crippen molar-refractivity contribution in [1.82, 2.24) is 9.13 Å². The number of carbonyl (C=O) groups excluding carboxylic acids is 1. The Labute approximate surface area is 184 Å². The minimum Gasteiger partial charge on any atom is -0.324 e. The molecule has 0 fully saturated rings. The van der Waals surface area contributed by atoms with Crippen LogP contribution in [-0.4, -0.2) is 15.0 Å². The van der Waals surface area contributed by atoms with Crippen molar-refractivity contribution in [3.8, 4) is 5.69 Å². The van der Waals surface area contributed by atoms with Gasteiger partial charge >= 0.3 is 5.69 Å². The third kappa shape index (κ3) is 3.64. The van der Waals surface area contributed by atoms with Gasteiger partial charge in [-0.1, -0.05) is 24.3 Å². The van der Waals surface area contributed by atoms with Crippen LogP contribution in [0.25, 0.3) is 15.9 Å². The lowest BCUT2D eigenvalue weighted by molar-refractivity contribution is -0.116. The van der Waals surface area contributed by atoms with Gasteiger partial charge in [0.1, 0.15) is 11.2 Å². The maximum Gasteiger partial charge on any atom is 0.336 e. The molecule has 0 aliphatic heterocycles. The Bertz CT molecular complexity index is 1400. The molecule has 2 heterocycles. The molecule has 30 heavy (non-hydrogen) atoms. The van der Waals surface area contributed by atoms with Gasteiger partial charge in [-0.15, -0.1) is 11.3 Å². The SMILES string of the molecule is Cc1ccc(NC(=O)Cn2c(=O)n(-c3ccccc3C)c(=O)c3sccc32)c(Br)c1. The highest BCUT2D eigenvalue weighted by molar-refractivity contribution is 9.10. The zero-order valence-electron chi connectivity index (χ0n) is 16.3. The maximum atomic E-state index is 13.3. The van der Waals surface area contributed by atoms with Gasteiger partial charge in [-0.3, -0.25) is 14.2 Å². The van der Waals surface area contributed by atoms with Gasteiger partial charge in [0.15, 0.2) is 0 Å². The molecule has 0 aliphatic rings. The Morgan fingerprint density at radius 1 is 1.10 bits per heavy atom. The number of aromatic nitrogens is 2. The number of rotatable bonds is 4. The van der Waals surface area contributed by atoms with Gasteiger partial charge in [0.05, 0.1) is 16.9 Å². The van der Waals surface area contributed by atoms with Gasteiger partial charge in [0.25, 0.3) is 5.56 Å². The van der Waals surface area contributed by atoms with E-state index in [0.717, 1.165) is 20.2 Å². The number of fused-ring (bicyclic) bond motifs is 1. The number of anilines is 1. The molecule has 0 unspecified atom stereocenters. The summed E-state index contributed by atoms with van der Waals surface area (Å²) in [7, 11) is 0. The Morgan fingerprint density at radius 3 is 2.60 bits per heavy atom. The van der Waals surface area contributed by atoms with Crippen LogP contribution in [0.4, 0.5) is 5.69 Å². The molecule has 8 heteroatoms. The van der Waals surface area contributed by atoms with Crippen molar-refractivity contribution in [1.29, 1.82) is 0 Å². The van der Waals surface area contributed by atoms with Crippen molar-refractivity contribution >= 4 is 49.1 Å². The third-order valence-electron chi connectivity index (χ3n) is 4.81. The quantitative estimate of drug-likeness (QED) is 0.471. The van der Waals surface area contributed by atoms with E-state index < -0.39 is 5.69 Å². The zero-order valence-corrected chi connectivity index (χ0v) is 18.7. The Hall–Kier alpha value is -2.97. The van der Waals surface area contributed by atoms with E-state index in [0.29, 0.717) is 21.6 Å². The predicted octanol–water partition coefficient (Wildman–Crippen LogP) is 4.23. The highest BCUT2D eigenvalue weighted by Crippen LogP contribution is 2.23. The molecular formula is C22H18BrN3O3S. The van der Waals surface area contributed by atoms with E-state index in [9.17, 15) is 14.4 Å². The lowest BCUT2D eigenvalue weighted by Crippen LogP contribution is -2.40. The summed E-state index contributed by atoms with van der Waals surface area (Å²) in [5, 5.41) is 4.57. The van der Waals surface area contributed by atoms with Crippen LogP contribution in [0.3, 0.4) is 0 Å². The number of carbonyl (C=O) groups is 1. The lowest BCUT2D eigenvalue weighted by atomic mass is 10.2. The van der Waals surface area contributed by atoms with Crippen molar-refractivity contribution in [2.24, 2.45) is 0 Å². The van der Waals surface area contributed by atoms with Crippen LogP contribution in [0.2, 0.25) is 0 Å².